The monoisotopic (exact) mass is 725 g/mol. The fourth-order valence-corrected chi connectivity index (χ4v) is 4.85. The first kappa shape index (κ1) is 22.2. The van der Waals surface area contributed by atoms with Crippen molar-refractivity contribution < 1.29 is 9.66 Å². The molecule has 0 amide bonds. The van der Waals surface area contributed by atoms with E-state index >= 15 is 0 Å². The Labute approximate surface area is 208 Å². The number of nitrogens with one attached hydrogen (secondary N) is 1. The smallest absolute Gasteiger partial charge is 0.269 e. The summed E-state index contributed by atoms with van der Waals surface area (Å²) in [4.78, 5) is 10.3. The van der Waals surface area contributed by atoms with Gasteiger partial charge in [-0.25, -0.2) is 0 Å². The molecule has 0 radical (unpaired) electrons. The maximum Gasteiger partial charge on any atom is 0.269 e. The Bertz CT molecular complexity index is 1020. The topological polar surface area (TPSA) is 76.8 Å². The summed E-state index contributed by atoms with van der Waals surface area (Å²) in [5.41, 5.74) is 5.64. The summed E-state index contributed by atoms with van der Waals surface area (Å²) in [6, 6.07) is 18.3. The van der Waals surface area contributed by atoms with Gasteiger partial charge in [-0.2, -0.15) is 5.10 Å². The van der Waals surface area contributed by atoms with Crippen LogP contribution < -0.4 is 10.2 Å². The Morgan fingerprint density at radius 3 is 2.21 bits per heavy atom. The van der Waals surface area contributed by atoms with Crippen LogP contribution in [0, 0.1) is 20.8 Å². The van der Waals surface area contributed by atoms with Crippen molar-refractivity contribution in [1.29, 1.82) is 0 Å². The molecule has 0 unspecified atom stereocenters. The number of hydrogen-bond acceptors (Lipinski definition) is 5. The summed E-state index contributed by atoms with van der Waals surface area (Å²) in [6.07, 6.45) is 1.70. The number of anilines is 1. The Kier molecular flexibility index (Phi) is 8.06. The number of ether oxygens (including phenoxy) is 1. The highest BCUT2D eigenvalue weighted by Gasteiger charge is 2.09. The van der Waals surface area contributed by atoms with Crippen LogP contribution in [0.1, 0.15) is 11.1 Å². The number of benzene rings is 3. The minimum absolute atomic E-state index is 0.0458. The van der Waals surface area contributed by atoms with Gasteiger partial charge in [0.25, 0.3) is 5.69 Å². The molecule has 148 valence electrons. The molecule has 0 saturated carbocycles. The van der Waals surface area contributed by atoms with Gasteiger partial charge >= 0.3 is 0 Å². The normalized spacial score (nSPS) is 10.9. The molecule has 6 nitrogen and oxygen atoms in total. The molecular formula is C20H14I3N3O3. The van der Waals surface area contributed by atoms with E-state index < -0.39 is 4.92 Å². The van der Waals surface area contributed by atoms with E-state index in [0.717, 1.165) is 24.0 Å². The van der Waals surface area contributed by atoms with E-state index in [2.05, 4.69) is 103 Å². The highest BCUT2D eigenvalue weighted by Crippen LogP contribution is 2.29. The highest BCUT2D eigenvalue weighted by molar-refractivity contribution is 14.1. The zero-order valence-corrected chi connectivity index (χ0v) is 21.3. The molecule has 3 aromatic rings. The van der Waals surface area contributed by atoms with E-state index in [4.69, 9.17) is 4.74 Å². The molecule has 3 aromatic carbocycles. The third kappa shape index (κ3) is 6.50. The SMILES string of the molecule is O=[N+]([O-])c1ccc(N/N=C/c2cc(I)c(OCc3ccc(I)cc3)c(I)c2)cc1. The van der Waals surface area contributed by atoms with Crippen molar-refractivity contribution in [3.8, 4) is 5.75 Å². The number of nitro benzene ring substituents is 1. The van der Waals surface area contributed by atoms with Gasteiger partial charge in [0.2, 0.25) is 0 Å². The van der Waals surface area contributed by atoms with Gasteiger partial charge in [-0.05, 0) is 115 Å². The molecule has 0 spiro atoms. The van der Waals surface area contributed by atoms with Gasteiger partial charge in [-0.1, -0.05) is 12.1 Å². The minimum atomic E-state index is -0.432. The van der Waals surface area contributed by atoms with E-state index in [1.165, 1.54) is 15.7 Å². The van der Waals surface area contributed by atoms with E-state index in [9.17, 15) is 10.1 Å². The van der Waals surface area contributed by atoms with E-state index in [1.807, 2.05) is 12.1 Å². The minimum Gasteiger partial charge on any atom is -0.487 e. The molecular weight excluding hydrogens is 711 g/mol. The van der Waals surface area contributed by atoms with Crippen molar-refractivity contribution in [2.75, 3.05) is 5.43 Å². The number of nitro groups is 1. The molecule has 9 heteroatoms. The number of hydrazone groups is 1. The van der Waals surface area contributed by atoms with Gasteiger partial charge in [0.05, 0.1) is 24.0 Å². The van der Waals surface area contributed by atoms with Crippen molar-refractivity contribution in [2.45, 2.75) is 6.61 Å². The van der Waals surface area contributed by atoms with Crippen LogP contribution in [-0.2, 0) is 6.61 Å². The first-order valence-corrected chi connectivity index (χ1v) is 11.6. The van der Waals surface area contributed by atoms with Gasteiger partial charge < -0.3 is 4.74 Å². The standard InChI is InChI=1S/C20H14I3N3O3/c21-15-3-1-13(2-4-15)12-29-20-18(22)9-14(10-19(20)23)11-24-25-16-5-7-17(8-6-16)26(27)28/h1-11,25H,12H2/b24-11+. The lowest BCUT2D eigenvalue weighted by Gasteiger charge is -2.11. The van der Waals surface area contributed by atoms with Crippen molar-refractivity contribution in [1.82, 2.24) is 0 Å². The lowest BCUT2D eigenvalue weighted by molar-refractivity contribution is -0.384. The predicted molar refractivity (Wildman–Crippen MR) is 140 cm³/mol. The van der Waals surface area contributed by atoms with Crippen LogP contribution in [-0.4, -0.2) is 11.1 Å². The lowest BCUT2D eigenvalue weighted by Crippen LogP contribution is -2.00. The molecule has 0 fully saturated rings. The molecule has 1 N–H and O–H groups in total. The zero-order chi connectivity index (χ0) is 20.8. The number of rotatable bonds is 7. The Morgan fingerprint density at radius 1 is 1.00 bits per heavy atom. The molecule has 0 aliphatic rings. The first-order chi connectivity index (χ1) is 13.9. The second-order valence-corrected chi connectivity index (χ2v) is 9.47. The largest absolute Gasteiger partial charge is 0.487 e. The summed E-state index contributed by atoms with van der Waals surface area (Å²) < 4.78 is 9.21. The summed E-state index contributed by atoms with van der Waals surface area (Å²) in [6.45, 7) is 0.512. The predicted octanol–water partition coefficient (Wildman–Crippen LogP) is 6.43. The number of nitrogens with zero attached hydrogens (tertiary/aromatic N) is 2. The second kappa shape index (κ2) is 10.5. The molecule has 3 rings (SSSR count). The van der Waals surface area contributed by atoms with Crippen molar-refractivity contribution in [3.05, 3.63) is 92.6 Å². The number of halogens is 3. The summed E-state index contributed by atoms with van der Waals surface area (Å²) in [7, 11) is 0. The second-order valence-electron chi connectivity index (χ2n) is 5.90. The molecule has 29 heavy (non-hydrogen) atoms. The van der Waals surface area contributed by atoms with Crippen molar-refractivity contribution >= 4 is 85.4 Å². The van der Waals surface area contributed by atoms with Crippen LogP contribution in [0.15, 0.2) is 65.8 Å². The van der Waals surface area contributed by atoms with Crippen LogP contribution in [0.3, 0.4) is 0 Å². The Morgan fingerprint density at radius 2 is 1.62 bits per heavy atom. The lowest BCUT2D eigenvalue weighted by atomic mass is 10.2. The van der Waals surface area contributed by atoms with Gasteiger partial charge in [-0.15, -0.1) is 0 Å². The maximum atomic E-state index is 10.7. The fraction of sp³-hybridized carbons (Fsp3) is 0.0500. The quantitative estimate of drug-likeness (QED) is 0.132. The zero-order valence-electron chi connectivity index (χ0n) is 14.8. The van der Waals surface area contributed by atoms with Crippen LogP contribution in [0.5, 0.6) is 5.75 Å². The van der Waals surface area contributed by atoms with Crippen LogP contribution in [0.4, 0.5) is 11.4 Å². The summed E-state index contributed by atoms with van der Waals surface area (Å²) >= 11 is 6.79. The maximum absolute atomic E-state index is 10.7. The fourth-order valence-electron chi connectivity index (χ4n) is 2.37. The van der Waals surface area contributed by atoms with E-state index in [-0.39, 0.29) is 5.69 Å². The van der Waals surface area contributed by atoms with Crippen LogP contribution in [0.25, 0.3) is 0 Å². The van der Waals surface area contributed by atoms with Crippen molar-refractivity contribution in [3.63, 3.8) is 0 Å². The number of hydrogen-bond donors (Lipinski definition) is 1. The van der Waals surface area contributed by atoms with E-state index in [0.29, 0.717) is 12.3 Å². The van der Waals surface area contributed by atoms with Crippen LogP contribution in [0.2, 0.25) is 0 Å². The first-order valence-electron chi connectivity index (χ1n) is 8.32. The summed E-state index contributed by atoms with van der Waals surface area (Å²) in [5, 5.41) is 14.9. The van der Waals surface area contributed by atoms with Gasteiger partial charge in [0.1, 0.15) is 12.4 Å². The number of non-ortho nitro benzene ring substituents is 1. The van der Waals surface area contributed by atoms with E-state index in [1.54, 1.807) is 18.3 Å². The Balaban J connectivity index is 1.64. The molecule has 0 aliphatic carbocycles. The van der Waals surface area contributed by atoms with Crippen molar-refractivity contribution in [2.24, 2.45) is 5.10 Å². The molecule has 0 saturated heterocycles. The summed E-state index contributed by atoms with van der Waals surface area (Å²) in [5.74, 6) is 0.852. The molecule has 0 atom stereocenters. The average Bonchev–Trinajstić information content (AvgIpc) is 2.69. The molecule has 0 aromatic heterocycles. The van der Waals surface area contributed by atoms with Gasteiger partial charge in [0, 0.05) is 15.7 Å². The van der Waals surface area contributed by atoms with Gasteiger partial charge in [-0.3, -0.25) is 15.5 Å². The third-order valence-corrected chi connectivity index (χ3v) is 6.12. The highest BCUT2D eigenvalue weighted by atomic mass is 127. The molecule has 0 heterocycles. The average molecular weight is 725 g/mol. The third-order valence-electron chi connectivity index (χ3n) is 3.80. The molecule has 0 aliphatic heterocycles. The Hall–Kier alpha value is -1.48. The molecule has 0 bridgehead atoms. The van der Waals surface area contributed by atoms with Crippen LogP contribution >= 0.6 is 67.8 Å². The van der Waals surface area contributed by atoms with Gasteiger partial charge in [0.15, 0.2) is 0 Å².